The Morgan fingerprint density at radius 2 is 1.90 bits per heavy atom. The van der Waals surface area contributed by atoms with Crippen LogP contribution in [0.2, 0.25) is 0 Å². The summed E-state index contributed by atoms with van der Waals surface area (Å²) in [6, 6.07) is 6.89. The fraction of sp³-hybridized carbons (Fsp3) is 0.438. The SMILES string of the molecule is FC(F)(F)C1CCCCC1Nc1cccc2cnccc12. The second-order valence-electron chi connectivity index (χ2n) is 5.59. The van der Waals surface area contributed by atoms with E-state index < -0.39 is 18.1 Å². The van der Waals surface area contributed by atoms with Gasteiger partial charge in [-0.15, -0.1) is 0 Å². The number of aromatic nitrogens is 1. The van der Waals surface area contributed by atoms with E-state index >= 15 is 0 Å². The van der Waals surface area contributed by atoms with Crippen molar-refractivity contribution in [2.45, 2.75) is 37.9 Å². The fourth-order valence-electron chi connectivity index (χ4n) is 3.14. The van der Waals surface area contributed by atoms with E-state index in [4.69, 9.17) is 0 Å². The molecule has 2 unspecified atom stereocenters. The van der Waals surface area contributed by atoms with Gasteiger partial charge in [-0.2, -0.15) is 13.2 Å². The van der Waals surface area contributed by atoms with Crippen molar-refractivity contribution in [2.24, 2.45) is 5.92 Å². The first kappa shape index (κ1) is 14.2. The number of nitrogens with zero attached hydrogens (tertiary/aromatic N) is 1. The van der Waals surface area contributed by atoms with E-state index in [1.54, 1.807) is 12.4 Å². The van der Waals surface area contributed by atoms with E-state index in [9.17, 15) is 13.2 Å². The molecule has 0 bridgehead atoms. The van der Waals surface area contributed by atoms with Crippen molar-refractivity contribution in [3.63, 3.8) is 0 Å². The zero-order valence-electron chi connectivity index (χ0n) is 11.5. The Balaban J connectivity index is 1.90. The summed E-state index contributed by atoms with van der Waals surface area (Å²) in [6.45, 7) is 0. The summed E-state index contributed by atoms with van der Waals surface area (Å²) >= 11 is 0. The van der Waals surface area contributed by atoms with E-state index in [1.807, 2.05) is 24.3 Å². The van der Waals surface area contributed by atoms with Crippen LogP contribution in [0.15, 0.2) is 36.7 Å². The molecular formula is C16H17F3N2. The highest BCUT2D eigenvalue weighted by molar-refractivity contribution is 5.93. The Hall–Kier alpha value is -1.78. The van der Waals surface area contributed by atoms with E-state index in [0.717, 1.165) is 22.9 Å². The summed E-state index contributed by atoms with van der Waals surface area (Å²) in [7, 11) is 0. The van der Waals surface area contributed by atoms with Crippen molar-refractivity contribution < 1.29 is 13.2 Å². The topological polar surface area (TPSA) is 24.9 Å². The molecule has 1 heterocycles. The predicted octanol–water partition coefficient (Wildman–Crippen LogP) is 4.77. The van der Waals surface area contributed by atoms with Crippen molar-refractivity contribution in [1.82, 2.24) is 4.98 Å². The number of pyridine rings is 1. The van der Waals surface area contributed by atoms with Gasteiger partial charge in [0.1, 0.15) is 0 Å². The molecule has 1 aliphatic rings. The molecule has 1 N–H and O–H groups in total. The van der Waals surface area contributed by atoms with Crippen LogP contribution < -0.4 is 5.32 Å². The van der Waals surface area contributed by atoms with Crippen LogP contribution in [0.25, 0.3) is 10.8 Å². The molecule has 2 nitrogen and oxygen atoms in total. The minimum Gasteiger partial charge on any atom is -0.381 e. The van der Waals surface area contributed by atoms with Gasteiger partial charge >= 0.3 is 6.18 Å². The molecule has 0 saturated heterocycles. The Labute approximate surface area is 121 Å². The van der Waals surface area contributed by atoms with E-state index in [1.165, 1.54) is 0 Å². The van der Waals surface area contributed by atoms with Gasteiger partial charge < -0.3 is 5.32 Å². The van der Waals surface area contributed by atoms with Crippen LogP contribution in [0.5, 0.6) is 0 Å². The molecule has 1 aliphatic carbocycles. The van der Waals surface area contributed by atoms with E-state index in [-0.39, 0.29) is 6.42 Å². The Kier molecular flexibility index (Phi) is 3.74. The molecule has 0 aliphatic heterocycles. The van der Waals surface area contributed by atoms with Gasteiger partial charge in [-0.3, -0.25) is 4.98 Å². The molecule has 1 aromatic heterocycles. The maximum absolute atomic E-state index is 13.2. The molecule has 1 fully saturated rings. The van der Waals surface area contributed by atoms with Crippen LogP contribution in [0.4, 0.5) is 18.9 Å². The second-order valence-corrected chi connectivity index (χ2v) is 5.59. The highest BCUT2D eigenvalue weighted by Crippen LogP contribution is 2.39. The zero-order chi connectivity index (χ0) is 14.9. The first-order chi connectivity index (χ1) is 10.1. The fourth-order valence-corrected chi connectivity index (χ4v) is 3.14. The maximum Gasteiger partial charge on any atom is 0.393 e. The minimum absolute atomic E-state index is 0.216. The lowest BCUT2D eigenvalue weighted by molar-refractivity contribution is -0.184. The zero-order valence-corrected chi connectivity index (χ0v) is 11.5. The van der Waals surface area contributed by atoms with Crippen LogP contribution in [-0.4, -0.2) is 17.2 Å². The van der Waals surface area contributed by atoms with Crippen molar-refractivity contribution in [1.29, 1.82) is 0 Å². The first-order valence-electron chi connectivity index (χ1n) is 7.22. The highest BCUT2D eigenvalue weighted by atomic mass is 19.4. The third-order valence-electron chi connectivity index (χ3n) is 4.21. The van der Waals surface area contributed by atoms with Gasteiger partial charge in [0, 0.05) is 34.9 Å². The summed E-state index contributed by atoms with van der Waals surface area (Å²) in [5.41, 5.74) is 0.760. The third kappa shape index (κ3) is 2.96. The number of halogens is 3. The highest BCUT2D eigenvalue weighted by Gasteiger charge is 2.45. The Morgan fingerprint density at radius 3 is 2.71 bits per heavy atom. The van der Waals surface area contributed by atoms with Gasteiger partial charge in [0.2, 0.25) is 0 Å². The van der Waals surface area contributed by atoms with Gasteiger partial charge in [-0.05, 0) is 25.0 Å². The molecule has 3 rings (SSSR count). The van der Waals surface area contributed by atoms with Gasteiger partial charge in [0.25, 0.3) is 0 Å². The molecule has 1 aromatic carbocycles. The second kappa shape index (κ2) is 5.54. The van der Waals surface area contributed by atoms with Crippen molar-refractivity contribution in [3.8, 4) is 0 Å². The molecule has 112 valence electrons. The standard InChI is InChI=1S/C16H17F3N2/c17-16(18,19)13-5-1-2-6-15(13)21-14-7-3-4-11-10-20-9-8-12(11)14/h3-4,7-10,13,15,21H,1-2,5-6H2. The number of hydrogen-bond acceptors (Lipinski definition) is 2. The number of hydrogen-bond donors (Lipinski definition) is 1. The normalized spacial score (nSPS) is 23.2. The quantitative estimate of drug-likeness (QED) is 0.863. The molecule has 0 amide bonds. The number of anilines is 1. The number of nitrogens with one attached hydrogen (secondary N) is 1. The number of alkyl halides is 3. The van der Waals surface area contributed by atoms with Gasteiger partial charge in [-0.1, -0.05) is 25.0 Å². The van der Waals surface area contributed by atoms with Gasteiger partial charge in [-0.25, -0.2) is 0 Å². The van der Waals surface area contributed by atoms with Crippen molar-refractivity contribution in [3.05, 3.63) is 36.7 Å². The largest absolute Gasteiger partial charge is 0.393 e. The average molecular weight is 294 g/mol. The summed E-state index contributed by atoms with van der Waals surface area (Å²) in [4.78, 5) is 4.05. The van der Waals surface area contributed by atoms with Crippen LogP contribution in [-0.2, 0) is 0 Å². The van der Waals surface area contributed by atoms with Gasteiger partial charge in [0.15, 0.2) is 0 Å². The Bertz CT molecular complexity index is 619. The van der Waals surface area contributed by atoms with Crippen LogP contribution in [0.1, 0.15) is 25.7 Å². The third-order valence-corrected chi connectivity index (χ3v) is 4.21. The van der Waals surface area contributed by atoms with Crippen LogP contribution in [0.3, 0.4) is 0 Å². The molecule has 2 atom stereocenters. The molecule has 21 heavy (non-hydrogen) atoms. The smallest absolute Gasteiger partial charge is 0.381 e. The van der Waals surface area contributed by atoms with E-state index in [0.29, 0.717) is 12.8 Å². The van der Waals surface area contributed by atoms with Crippen LogP contribution >= 0.6 is 0 Å². The summed E-state index contributed by atoms with van der Waals surface area (Å²) in [6.07, 6.45) is 1.53. The van der Waals surface area contributed by atoms with Crippen molar-refractivity contribution in [2.75, 3.05) is 5.32 Å². The molecule has 1 saturated carbocycles. The number of fused-ring (bicyclic) bond motifs is 1. The summed E-state index contributed by atoms with van der Waals surface area (Å²) < 4.78 is 39.5. The van der Waals surface area contributed by atoms with Crippen LogP contribution in [0, 0.1) is 5.92 Å². The molecule has 0 spiro atoms. The number of benzene rings is 1. The predicted molar refractivity (Wildman–Crippen MR) is 77.2 cm³/mol. The minimum atomic E-state index is -4.13. The van der Waals surface area contributed by atoms with E-state index in [2.05, 4.69) is 10.3 Å². The molecule has 2 aromatic rings. The lowest BCUT2D eigenvalue weighted by atomic mass is 9.83. The lowest BCUT2D eigenvalue weighted by Crippen LogP contribution is -2.41. The summed E-state index contributed by atoms with van der Waals surface area (Å²) in [5.74, 6) is -1.26. The first-order valence-corrected chi connectivity index (χ1v) is 7.22. The molecular weight excluding hydrogens is 277 g/mol. The Morgan fingerprint density at radius 1 is 1.10 bits per heavy atom. The van der Waals surface area contributed by atoms with Gasteiger partial charge in [0.05, 0.1) is 5.92 Å². The average Bonchev–Trinajstić information content (AvgIpc) is 2.47. The number of rotatable bonds is 2. The lowest BCUT2D eigenvalue weighted by Gasteiger charge is -2.34. The molecule has 5 heteroatoms. The van der Waals surface area contributed by atoms with Crippen molar-refractivity contribution >= 4 is 16.5 Å². The maximum atomic E-state index is 13.2. The molecule has 0 radical (unpaired) electrons. The summed E-state index contributed by atoms with van der Waals surface area (Å²) in [5, 5.41) is 4.98. The monoisotopic (exact) mass is 294 g/mol.